The Hall–Kier alpha value is -1.99. The van der Waals surface area contributed by atoms with Crippen LogP contribution in [0, 0.1) is 10.1 Å². The summed E-state index contributed by atoms with van der Waals surface area (Å²) in [5.74, 6) is -0.425. The van der Waals surface area contributed by atoms with Crippen LogP contribution in [0.5, 0.6) is 0 Å². The fourth-order valence-corrected chi connectivity index (χ4v) is 1.32. The normalized spacial score (nSPS) is 11.9. The first-order chi connectivity index (χ1) is 8.54. The van der Waals surface area contributed by atoms with Gasteiger partial charge in [0.15, 0.2) is 0 Å². The maximum absolute atomic E-state index is 10.8. The van der Waals surface area contributed by atoms with Crippen molar-refractivity contribution in [3.05, 3.63) is 39.9 Å². The summed E-state index contributed by atoms with van der Waals surface area (Å²) in [6.45, 7) is 0.160. The summed E-state index contributed by atoms with van der Waals surface area (Å²) in [5, 5.41) is 22.9. The number of nitrogens with zero attached hydrogens (tertiary/aromatic N) is 1. The Bertz CT molecular complexity index is 418. The number of aliphatic hydroxyl groups excluding tert-OH is 1. The fourth-order valence-electron chi connectivity index (χ4n) is 1.32. The molecule has 0 aliphatic carbocycles. The molecule has 7 nitrogen and oxygen atoms in total. The van der Waals surface area contributed by atoms with Crippen molar-refractivity contribution < 1.29 is 19.6 Å². The number of ether oxygens (including phenoxy) is 1. The van der Waals surface area contributed by atoms with Crippen molar-refractivity contribution >= 4 is 11.7 Å². The summed E-state index contributed by atoms with van der Waals surface area (Å²) in [6, 6.07) is 5.59. The van der Waals surface area contributed by atoms with Gasteiger partial charge in [-0.15, -0.1) is 0 Å². The van der Waals surface area contributed by atoms with E-state index in [1.807, 2.05) is 0 Å². The van der Waals surface area contributed by atoms with E-state index >= 15 is 0 Å². The molecule has 0 aliphatic rings. The van der Waals surface area contributed by atoms with Crippen molar-refractivity contribution in [3.63, 3.8) is 0 Å². The molecule has 0 radical (unpaired) electrons. The summed E-state index contributed by atoms with van der Waals surface area (Å²) in [5.41, 5.74) is 0.506. The van der Waals surface area contributed by atoms with E-state index in [9.17, 15) is 20.0 Å². The Morgan fingerprint density at radius 1 is 1.50 bits per heavy atom. The van der Waals surface area contributed by atoms with Crippen LogP contribution in [0.25, 0.3) is 0 Å². The second kappa shape index (κ2) is 6.67. The predicted molar refractivity (Wildman–Crippen MR) is 62.9 cm³/mol. The minimum atomic E-state index is -0.838. The van der Waals surface area contributed by atoms with Crippen molar-refractivity contribution in [3.8, 4) is 0 Å². The number of carbonyl (C=O) groups is 1. The summed E-state index contributed by atoms with van der Waals surface area (Å²) < 4.78 is 4.42. The van der Waals surface area contributed by atoms with Crippen LogP contribution in [-0.4, -0.2) is 36.2 Å². The lowest BCUT2D eigenvalue weighted by atomic mass is 10.1. The molecular formula is C11H14N2O5. The van der Waals surface area contributed by atoms with Crippen LogP contribution in [0.4, 0.5) is 5.69 Å². The second-order valence-electron chi connectivity index (χ2n) is 3.57. The third kappa shape index (κ3) is 4.11. The van der Waals surface area contributed by atoms with E-state index < -0.39 is 17.0 Å². The molecule has 1 rings (SSSR count). The quantitative estimate of drug-likeness (QED) is 0.432. The molecule has 2 N–H and O–H groups in total. The number of esters is 1. The Labute approximate surface area is 104 Å². The molecule has 98 valence electrons. The average molecular weight is 254 g/mol. The molecule has 0 saturated carbocycles. The highest BCUT2D eigenvalue weighted by molar-refractivity contribution is 5.71. The molecule has 1 aromatic rings. The van der Waals surface area contributed by atoms with Crippen LogP contribution in [0.2, 0.25) is 0 Å². The van der Waals surface area contributed by atoms with Gasteiger partial charge in [-0.2, -0.15) is 0 Å². The lowest BCUT2D eigenvalue weighted by molar-refractivity contribution is -0.384. The zero-order valence-electron chi connectivity index (χ0n) is 9.83. The topological polar surface area (TPSA) is 102 Å². The molecule has 1 atom stereocenters. The molecule has 0 aliphatic heterocycles. The summed E-state index contributed by atoms with van der Waals surface area (Å²) in [6.07, 6.45) is -0.838. The first-order valence-corrected chi connectivity index (χ1v) is 5.24. The van der Waals surface area contributed by atoms with Gasteiger partial charge in [-0.25, -0.2) is 0 Å². The minimum Gasteiger partial charge on any atom is -0.468 e. The molecule has 0 heterocycles. The number of aliphatic hydroxyl groups is 1. The maximum Gasteiger partial charge on any atom is 0.319 e. The Morgan fingerprint density at radius 3 is 2.61 bits per heavy atom. The average Bonchev–Trinajstić information content (AvgIpc) is 2.38. The zero-order valence-corrected chi connectivity index (χ0v) is 9.83. The van der Waals surface area contributed by atoms with E-state index in [0.29, 0.717) is 5.56 Å². The lowest BCUT2D eigenvalue weighted by Crippen LogP contribution is -2.28. The molecule has 0 aromatic heterocycles. The molecule has 1 aromatic carbocycles. The van der Waals surface area contributed by atoms with Crippen molar-refractivity contribution in [2.24, 2.45) is 0 Å². The molecule has 0 bridgehead atoms. The van der Waals surface area contributed by atoms with Gasteiger partial charge < -0.3 is 15.2 Å². The third-order valence-electron chi connectivity index (χ3n) is 2.32. The largest absolute Gasteiger partial charge is 0.468 e. The van der Waals surface area contributed by atoms with Gasteiger partial charge in [0.2, 0.25) is 0 Å². The predicted octanol–water partition coefficient (Wildman–Crippen LogP) is 0.391. The molecule has 0 fully saturated rings. The smallest absolute Gasteiger partial charge is 0.319 e. The number of nitro groups is 1. The van der Waals surface area contributed by atoms with Gasteiger partial charge in [-0.05, 0) is 17.7 Å². The van der Waals surface area contributed by atoms with Gasteiger partial charge in [0, 0.05) is 18.7 Å². The van der Waals surface area contributed by atoms with E-state index in [4.69, 9.17) is 0 Å². The fraction of sp³-hybridized carbons (Fsp3) is 0.364. The number of methoxy groups -OCH3 is 1. The zero-order chi connectivity index (χ0) is 13.5. The maximum atomic E-state index is 10.8. The SMILES string of the molecule is COC(=O)CNCC(O)c1ccc([N+](=O)[O-])cc1. The van der Waals surface area contributed by atoms with Gasteiger partial charge >= 0.3 is 5.97 Å². The van der Waals surface area contributed by atoms with Crippen LogP contribution in [-0.2, 0) is 9.53 Å². The van der Waals surface area contributed by atoms with Crippen molar-refractivity contribution in [2.45, 2.75) is 6.10 Å². The number of rotatable bonds is 6. The van der Waals surface area contributed by atoms with E-state index in [-0.39, 0.29) is 18.8 Å². The van der Waals surface area contributed by atoms with E-state index in [1.165, 1.54) is 31.4 Å². The number of benzene rings is 1. The van der Waals surface area contributed by atoms with Crippen LogP contribution in [0.1, 0.15) is 11.7 Å². The Balaban J connectivity index is 2.48. The molecule has 0 amide bonds. The first-order valence-electron chi connectivity index (χ1n) is 5.24. The molecule has 1 unspecified atom stereocenters. The van der Waals surface area contributed by atoms with Crippen LogP contribution >= 0.6 is 0 Å². The summed E-state index contributed by atoms with van der Waals surface area (Å²) >= 11 is 0. The second-order valence-corrected chi connectivity index (χ2v) is 3.57. The molecular weight excluding hydrogens is 240 g/mol. The van der Waals surface area contributed by atoms with Crippen LogP contribution < -0.4 is 5.32 Å². The van der Waals surface area contributed by atoms with Crippen molar-refractivity contribution in [1.29, 1.82) is 0 Å². The van der Waals surface area contributed by atoms with Crippen molar-refractivity contribution in [1.82, 2.24) is 5.32 Å². The highest BCUT2D eigenvalue weighted by Gasteiger charge is 2.10. The molecule has 18 heavy (non-hydrogen) atoms. The monoisotopic (exact) mass is 254 g/mol. The summed E-state index contributed by atoms with van der Waals surface area (Å²) in [4.78, 5) is 20.7. The van der Waals surface area contributed by atoms with Crippen LogP contribution in [0.3, 0.4) is 0 Å². The van der Waals surface area contributed by atoms with Gasteiger partial charge in [0.25, 0.3) is 5.69 Å². The first kappa shape index (κ1) is 14.1. The van der Waals surface area contributed by atoms with Crippen LogP contribution in [0.15, 0.2) is 24.3 Å². The number of nitrogens with one attached hydrogen (secondary N) is 1. The van der Waals surface area contributed by atoms with E-state index in [2.05, 4.69) is 10.1 Å². The molecule has 0 spiro atoms. The van der Waals surface area contributed by atoms with Gasteiger partial charge in [-0.3, -0.25) is 14.9 Å². The lowest BCUT2D eigenvalue weighted by Gasteiger charge is -2.11. The third-order valence-corrected chi connectivity index (χ3v) is 2.32. The van der Waals surface area contributed by atoms with Crippen molar-refractivity contribution in [2.75, 3.05) is 20.2 Å². The number of non-ortho nitro benzene ring substituents is 1. The molecule has 7 heteroatoms. The standard InChI is InChI=1S/C11H14N2O5/c1-18-11(15)7-12-6-10(14)8-2-4-9(5-3-8)13(16)17/h2-5,10,12,14H,6-7H2,1H3. The highest BCUT2D eigenvalue weighted by Crippen LogP contribution is 2.17. The highest BCUT2D eigenvalue weighted by atomic mass is 16.6. The Kier molecular flexibility index (Phi) is 5.22. The number of nitro benzene ring substituents is 1. The van der Waals surface area contributed by atoms with Gasteiger partial charge in [-0.1, -0.05) is 0 Å². The number of carbonyl (C=O) groups excluding carboxylic acids is 1. The number of hydrogen-bond donors (Lipinski definition) is 2. The molecule has 0 saturated heterocycles. The van der Waals surface area contributed by atoms with Gasteiger partial charge in [0.1, 0.15) is 0 Å². The Morgan fingerprint density at radius 2 is 2.11 bits per heavy atom. The number of hydrogen-bond acceptors (Lipinski definition) is 6. The van der Waals surface area contributed by atoms with Gasteiger partial charge in [0.05, 0.1) is 24.7 Å². The minimum absolute atomic E-state index is 0.000537. The van der Waals surface area contributed by atoms with E-state index in [1.54, 1.807) is 0 Å². The summed E-state index contributed by atoms with van der Waals surface area (Å²) in [7, 11) is 1.27. The van der Waals surface area contributed by atoms with E-state index in [0.717, 1.165) is 0 Å².